The quantitative estimate of drug-likeness (QED) is 0.743. The van der Waals surface area contributed by atoms with E-state index in [0.717, 1.165) is 19.5 Å². The number of nitrogens with one attached hydrogen (secondary N) is 1. The van der Waals surface area contributed by atoms with Crippen molar-refractivity contribution in [2.24, 2.45) is 0 Å². The molecule has 0 spiro atoms. The van der Waals surface area contributed by atoms with Crippen LogP contribution in [0.3, 0.4) is 0 Å². The highest BCUT2D eigenvalue weighted by Gasteiger charge is 2.11. The molecule has 1 atom stereocenters. The number of hydrogen-bond acceptors (Lipinski definition) is 3. The first-order chi connectivity index (χ1) is 8.67. The number of nitrogens with zero attached hydrogens (tertiary/aromatic N) is 1. The molecule has 3 nitrogen and oxygen atoms in total. The lowest BCUT2D eigenvalue weighted by atomic mass is 10.1. The van der Waals surface area contributed by atoms with Gasteiger partial charge in [0.1, 0.15) is 0 Å². The third-order valence-electron chi connectivity index (χ3n) is 3.04. The van der Waals surface area contributed by atoms with Gasteiger partial charge in [0.25, 0.3) is 0 Å². The predicted octanol–water partition coefficient (Wildman–Crippen LogP) is 2.26. The fraction of sp³-hybridized carbons (Fsp3) is 0.600. The van der Waals surface area contributed by atoms with Crippen LogP contribution in [0.15, 0.2) is 30.3 Å². The number of para-hydroxylation sites is 1. The maximum atomic E-state index is 9.35. The Bertz CT molecular complexity index is 314. The van der Waals surface area contributed by atoms with Crippen LogP contribution in [0, 0.1) is 0 Å². The van der Waals surface area contributed by atoms with Crippen LogP contribution < -0.4 is 10.2 Å². The molecule has 0 aliphatic heterocycles. The molecule has 0 amide bonds. The molecule has 0 fully saturated rings. The van der Waals surface area contributed by atoms with Crippen molar-refractivity contribution in [1.82, 2.24) is 5.32 Å². The number of anilines is 1. The molecule has 18 heavy (non-hydrogen) atoms. The molecule has 0 radical (unpaired) electrons. The van der Waals surface area contributed by atoms with Crippen LogP contribution in [-0.4, -0.2) is 36.9 Å². The Morgan fingerprint density at radius 1 is 1.22 bits per heavy atom. The predicted molar refractivity (Wildman–Crippen MR) is 78.1 cm³/mol. The third-order valence-corrected chi connectivity index (χ3v) is 3.04. The molecule has 2 N–H and O–H groups in total. The van der Waals surface area contributed by atoms with Crippen molar-refractivity contribution in [2.45, 2.75) is 39.3 Å². The summed E-state index contributed by atoms with van der Waals surface area (Å²) in [6.07, 6.45) is 0.956. The normalized spacial score (nSPS) is 12.7. The smallest absolute Gasteiger partial charge is 0.0585 e. The third kappa shape index (κ3) is 5.07. The van der Waals surface area contributed by atoms with E-state index in [1.165, 1.54) is 5.69 Å². The molecular formula is C15H26N2O. The summed E-state index contributed by atoms with van der Waals surface area (Å²) in [4.78, 5) is 2.34. The molecule has 1 aromatic carbocycles. The van der Waals surface area contributed by atoms with Crippen molar-refractivity contribution < 1.29 is 5.11 Å². The highest BCUT2D eigenvalue weighted by molar-refractivity contribution is 5.45. The Morgan fingerprint density at radius 3 is 2.39 bits per heavy atom. The van der Waals surface area contributed by atoms with Gasteiger partial charge in [-0.1, -0.05) is 32.0 Å². The summed E-state index contributed by atoms with van der Waals surface area (Å²) in [7, 11) is 0. The first-order valence-electron chi connectivity index (χ1n) is 6.84. The van der Waals surface area contributed by atoms with Gasteiger partial charge < -0.3 is 15.3 Å². The Balaban J connectivity index is 2.48. The van der Waals surface area contributed by atoms with Crippen molar-refractivity contribution >= 4 is 5.69 Å². The van der Waals surface area contributed by atoms with E-state index in [0.29, 0.717) is 6.04 Å². The molecule has 0 aliphatic rings. The average molecular weight is 250 g/mol. The summed E-state index contributed by atoms with van der Waals surface area (Å²) >= 11 is 0. The molecule has 0 bridgehead atoms. The number of rotatable bonds is 8. The largest absolute Gasteiger partial charge is 0.395 e. The van der Waals surface area contributed by atoms with E-state index >= 15 is 0 Å². The molecule has 102 valence electrons. The maximum absolute atomic E-state index is 9.35. The van der Waals surface area contributed by atoms with E-state index in [2.05, 4.69) is 55.3 Å². The van der Waals surface area contributed by atoms with Crippen LogP contribution >= 0.6 is 0 Å². The lowest BCUT2D eigenvalue weighted by molar-refractivity contribution is 0.229. The second-order valence-corrected chi connectivity index (χ2v) is 4.90. The highest BCUT2D eigenvalue weighted by Crippen LogP contribution is 2.13. The van der Waals surface area contributed by atoms with Crippen LogP contribution in [0.2, 0.25) is 0 Å². The number of aliphatic hydroxyl groups excluding tert-OH is 1. The van der Waals surface area contributed by atoms with E-state index in [-0.39, 0.29) is 12.6 Å². The minimum absolute atomic E-state index is 0.183. The lowest BCUT2D eigenvalue weighted by Gasteiger charge is -2.26. The van der Waals surface area contributed by atoms with Crippen molar-refractivity contribution in [3.63, 3.8) is 0 Å². The molecule has 0 saturated carbocycles. The van der Waals surface area contributed by atoms with E-state index in [9.17, 15) is 5.11 Å². The van der Waals surface area contributed by atoms with Gasteiger partial charge in [0.2, 0.25) is 0 Å². The van der Waals surface area contributed by atoms with Crippen LogP contribution in [-0.2, 0) is 0 Å². The summed E-state index contributed by atoms with van der Waals surface area (Å²) in [5.74, 6) is 0. The van der Waals surface area contributed by atoms with E-state index < -0.39 is 0 Å². The minimum Gasteiger partial charge on any atom is -0.395 e. The minimum atomic E-state index is 0.183. The van der Waals surface area contributed by atoms with Gasteiger partial charge in [0, 0.05) is 30.9 Å². The first-order valence-corrected chi connectivity index (χ1v) is 6.84. The van der Waals surface area contributed by atoms with Crippen LogP contribution in [0.25, 0.3) is 0 Å². The van der Waals surface area contributed by atoms with E-state index in [1.807, 2.05) is 6.07 Å². The monoisotopic (exact) mass is 250 g/mol. The average Bonchev–Trinajstić information content (AvgIpc) is 2.39. The van der Waals surface area contributed by atoms with Crippen molar-refractivity contribution in [2.75, 3.05) is 24.6 Å². The zero-order valence-corrected chi connectivity index (χ0v) is 11.8. The zero-order chi connectivity index (χ0) is 13.4. The molecule has 1 aromatic rings. The second-order valence-electron chi connectivity index (χ2n) is 4.90. The topological polar surface area (TPSA) is 35.5 Å². The maximum Gasteiger partial charge on any atom is 0.0585 e. The van der Waals surface area contributed by atoms with Crippen LogP contribution in [0.4, 0.5) is 5.69 Å². The van der Waals surface area contributed by atoms with E-state index in [4.69, 9.17) is 0 Å². The molecule has 0 aromatic heterocycles. The van der Waals surface area contributed by atoms with Gasteiger partial charge in [-0.15, -0.1) is 0 Å². The summed E-state index contributed by atoms with van der Waals surface area (Å²) in [6, 6.07) is 11.0. The lowest BCUT2D eigenvalue weighted by Crippen LogP contribution is -2.40. The summed E-state index contributed by atoms with van der Waals surface area (Å²) in [5.41, 5.74) is 1.25. The molecule has 1 rings (SSSR count). The summed E-state index contributed by atoms with van der Waals surface area (Å²) in [6.45, 7) is 8.53. The van der Waals surface area contributed by atoms with Gasteiger partial charge >= 0.3 is 0 Å². The number of hydrogen-bond donors (Lipinski definition) is 2. The Hall–Kier alpha value is -1.06. The van der Waals surface area contributed by atoms with Gasteiger partial charge in [-0.25, -0.2) is 0 Å². The molecule has 0 heterocycles. The second kappa shape index (κ2) is 8.11. The Morgan fingerprint density at radius 2 is 1.89 bits per heavy atom. The number of benzene rings is 1. The Labute approximate surface area is 111 Å². The molecule has 1 unspecified atom stereocenters. The van der Waals surface area contributed by atoms with Crippen molar-refractivity contribution in [3.05, 3.63) is 30.3 Å². The van der Waals surface area contributed by atoms with Crippen LogP contribution in [0.1, 0.15) is 27.2 Å². The van der Waals surface area contributed by atoms with Gasteiger partial charge in [0.05, 0.1) is 6.61 Å². The molecule has 0 saturated heterocycles. The van der Waals surface area contributed by atoms with Gasteiger partial charge in [-0.05, 0) is 25.5 Å². The molecule has 0 aliphatic carbocycles. The first kappa shape index (κ1) is 15.0. The van der Waals surface area contributed by atoms with Gasteiger partial charge in [0.15, 0.2) is 0 Å². The SMILES string of the molecule is CCN(CCC(CO)NC(C)C)c1ccccc1. The zero-order valence-electron chi connectivity index (χ0n) is 11.8. The summed E-state index contributed by atoms with van der Waals surface area (Å²) < 4.78 is 0. The highest BCUT2D eigenvalue weighted by atomic mass is 16.3. The van der Waals surface area contributed by atoms with Gasteiger partial charge in [-0.2, -0.15) is 0 Å². The van der Waals surface area contributed by atoms with Crippen molar-refractivity contribution in [1.29, 1.82) is 0 Å². The standard InChI is InChI=1S/C15H26N2O/c1-4-17(15-8-6-5-7-9-15)11-10-14(12-18)16-13(2)3/h5-9,13-14,16,18H,4,10-12H2,1-3H3. The van der Waals surface area contributed by atoms with Crippen LogP contribution in [0.5, 0.6) is 0 Å². The Kier molecular flexibility index (Phi) is 6.76. The fourth-order valence-electron chi connectivity index (χ4n) is 2.12. The molecule has 3 heteroatoms. The summed E-state index contributed by atoms with van der Waals surface area (Å²) in [5, 5.41) is 12.7. The van der Waals surface area contributed by atoms with Gasteiger partial charge in [-0.3, -0.25) is 0 Å². The fourth-order valence-corrected chi connectivity index (χ4v) is 2.12. The number of aliphatic hydroxyl groups is 1. The molecular weight excluding hydrogens is 224 g/mol. The van der Waals surface area contributed by atoms with E-state index in [1.54, 1.807) is 0 Å². The van der Waals surface area contributed by atoms with Crippen molar-refractivity contribution in [3.8, 4) is 0 Å².